The molecule has 3 aromatic rings. The average Bonchev–Trinajstić information content (AvgIpc) is 3.15. The minimum absolute atomic E-state index is 0.0314. The summed E-state index contributed by atoms with van der Waals surface area (Å²) in [6.45, 7) is 0.213. The van der Waals surface area contributed by atoms with Gasteiger partial charge in [0.2, 0.25) is 5.91 Å². The summed E-state index contributed by atoms with van der Waals surface area (Å²) < 4.78 is 5.43. The molecule has 7 heteroatoms. The molecule has 0 radical (unpaired) electrons. The van der Waals surface area contributed by atoms with Crippen LogP contribution in [0.5, 0.6) is 0 Å². The molecular weight excluding hydrogens is 420 g/mol. The number of rotatable bonds is 8. The Bertz CT molecular complexity index is 1120. The highest BCUT2D eigenvalue weighted by Crippen LogP contribution is 2.44. The molecule has 3 aromatic carbocycles. The standard InChI is InChI=1S/C26H24N2O5/c29-23(28-24(25(30)31)17-8-2-1-3-9-17)14-15-27-26(32)33-16-22-20-12-6-4-10-18(20)19-11-5-7-13-21(19)22/h1-13,22,24H,14-16H2,(H,27,32)(H,28,29)(H,30,31)/t24-/m1/s1. The van der Waals surface area contributed by atoms with Crippen molar-refractivity contribution in [3.8, 4) is 11.1 Å². The summed E-state index contributed by atoms with van der Waals surface area (Å²) in [5.74, 6) is -1.68. The second-order valence-electron chi connectivity index (χ2n) is 7.75. The van der Waals surface area contributed by atoms with Crippen LogP contribution >= 0.6 is 0 Å². The minimum atomic E-state index is -1.15. The van der Waals surface area contributed by atoms with Gasteiger partial charge < -0.3 is 20.5 Å². The highest BCUT2D eigenvalue weighted by Gasteiger charge is 2.29. The maximum atomic E-state index is 12.2. The number of nitrogens with one attached hydrogen (secondary N) is 2. The second-order valence-corrected chi connectivity index (χ2v) is 7.75. The summed E-state index contributed by atoms with van der Waals surface area (Å²) in [4.78, 5) is 35.9. The normalized spacial score (nSPS) is 12.8. The molecule has 3 N–H and O–H groups in total. The van der Waals surface area contributed by atoms with E-state index in [9.17, 15) is 19.5 Å². The lowest BCUT2D eigenvalue weighted by atomic mass is 9.98. The Morgan fingerprint density at radius 1 is 0.848 bits per heavy atom. The summed E-state index contributed by atoms with van der Waals surface area (Å²) in [5.41, 5.74) is 5.00. The van der Waals surface area contributed by atoms with E-state index in [1.165, 1.54) is 0 Å². The first-order valence-electron chi connectivity index (χ1n) is 10.7. The molecule has 0 heterocycles. The maximum absolute atomic E-state index is 12.2. The van der Waals surface area contributed by atoms with Crippen LogP contribution in [0.2, 0.25) is 0 Å². The number of carbonyl (C=O) groups excluding carboxylic acids is 2. The number of carboxylic acid groups (broad SMARTS) is 1. The molecule has 4 rings (SSSR count). The zero-order valence-electron chi connectivity index (χ0n) is 17.9. The van der Waals surface area contributed by atoms with Crippen molar-refractivity contribution in [1.82, 2.24) is 10.6 Å². The molecule has 168 valence electrons. The van der Waals surface area contributed by atoms with Gasteiger partial charge >= 0.3 is 12.1 Å². The van der Waals surface area contributed by atoms with E-state index < -0.39 is 24.0 Å². The SMILES string of the molecule is O=C(CCNC(=O)OCC1c2ccccc2-c2ccccc21)N[C@@H](C(=O)O)c1ccccc1. The van der Waals surface area contributed by atoms with Crippen molar-refractivity contribution >= 4 is 18.0 Å². The molecule has 0 saturated carbocycles. The number of benzene rings is 3. The Hall–Kier alpha value is -4.13. The van der Waals surface area contributed by atoms with Crippen LogP contribution in [0.4, 0.5) is 4.79 Å². The number of ether oxygens (including phenoxy) is 1. The van der Waals surface area contributed by atoms with Gasteiger partial charge in [-0.2, -0.15) is 0 Å². The van der Waals surface area contributed by atoms with Gasteiger partial charge in [-0.05, 0) is 27.8 Å². The largest absolute Gasteiger partial charge is 0.479 e. The molecule has 0 spiro atoms. The Balaban J connectivity index is 1.27. The first kappa shape index (κ1) is 22.1. The summed E-state index contributed by atoms with van der Waals surface area (Å²) in [6.07, 6.45) is -0.691. The molecule has 1 aliphatic carbocycles. The number of fused-ring (bicyclic) bond motifs is 3. The lowest BCUT2D eigenvalue weighted by molar-refractivity contribution is -0.142. The van der Waals surface area contributed by atoms with Gasteiger partial charge in [0, 0.05) is 18.9 Å². The van der Waals surface area contributed by atoms with Crippen LogP contribution in [-0.4, -0.2) is 36.2 Å². The molecule has 7 nitrogen and oxygen atoms in total. The van der Waals surface area contributed by atoms with Crippen LogP contribution in [0.15, 0.2) is 78.9 Å². The van der Waals surface area contributed by atoms with Crippen molar-refractivity contribution < 1.29 is 24.2 Å². The van der Waals surface area contributed by atoms with Crippen LogP contribution in [0.25, 0.3) is 11.1 Å². The predicted molar refractivity (Wildman–Crippen MR) is 123 cm³/mol. The number of amides is 2. The fourth-order valence-corrected chi connectivity index (χ4v) is 4.09. The first-order chi connectivity index (χ1) is 16.0. The fraction of sp³-hybridized carbons (Fsp3) is 0.192. The molecule has 0 aromatic heterocycles. The van der Waals surface area contributed by atoms with Crippen LogP contribution in [0, 0.1) is 0 Å². The van der Waals surface area contributed by atoms with E-state index in [2.05, 4.69) is 22.8 Å². The van der Waals surface area contributed by atoms with Crippen molar-refractivity contribution in [2.75, 3.05) is 13.2 Å². The van der Waals surface area contributed by atoms with Crippen LogP contribution in [-0.2, 0) is 14.3 Å². The third-order valence-electron chi connectivity index (χ3n) is 5.65. The summed E-state index contributed by atoms with van der Waals surface area (Å²) in [5, 5.41) is 14.4. The molecule has 0 fully saturated rings. The monoisotopic (exact) mass is 444 g/mol. The second kappa shape index (κ2) is 9.99. The minimum Gasteiger partial charge on any atom is -0.479 e. The van der Waals surface area contributed by atoms with Gasteiger partial charge in [0.05, 0.1) is 0 Å². The molecule has 1 atom stereocenters. The lowest BCUT2D eigenvalue weighted by Crippen LogP contribution is -2.36. The number of alkyl carbamates (subject to hydrolysis) is 1. The van der Waals surface area contributed by atoms with Crippen LogP contribution in [0.1, 0.15) is 35.1 Å². The number of hydrogen-bond acceptors (Lipinski definition) is 4. The fourth-order valence-electron chi connectivity index (χ4n) is 4.09. The number of carbonyl (C=O) groups is 3. The topological polar surface area (TPSA) is 105 Å². The highest BCUT2D eigenvalue weighted by atomic mass is 16.5. The van der Waals surface area contributed by atoms with Gasteiger partial charge in [0.25, 0.3) is 0 Å². The predicted octanol–water partition coefficient (Wildman–Crippen LogP) is 3.86. The van der Waals surface area contributed by atoms with Gasteiger partial charge in [0.15, 0.2) is 6.04 Å². The van der Waals surface area contributed by atoms with E-state index in [1.807, 2.05) is 36.4 Å². The third-order valence-corrected chi connectivity index (χ3v) is 5.65. The van der Waals surface area contributed by atoms with Gasteiger partial charge in [0.1, 0.15) is 6.61 Å². The molecule has 1 aliphatic rings. The van der Waals surface area contributed by atoms with E-state index in [0.717, 1.165) is 22.3 Å². The number of hydrogen-bond donors (Lipinski definition) is 3. The van der Waals surface area contributed by atoms with Crippen molar-refractivity contribution in [3.05, 3.63) is 95.6 Å². The molecule has 33 heavy (non-hydrogen) atoms. The van der Waals surface area contributed by atoms with Gasteiger partial charge in [-0.25, -0.2) is 9.59 Å². The Kier molecular flexibility index (Phi) is 6.69. The Labute approximate surface area is 191 Å². The molecule has 0 bridgehead atoms. The molecular formula is C26H24N2O5. The molecule has 0 saturated heterocycles. The number of aliphatic carboxylic acids is 1. The van der Waals surface area contributed by atoms with Crippen molar-refractivity contribution in [3.63, 3.8) is 0 Å². The van der Waals surface area contributed by atoms with Crippen molar-refractivity contribution in [2.24, 2.45) is 0 Å². The van der Waals surface area contributed by atoms with E-state index in [-0.39, 0.29) is 25.5 Å². The first-order valence-corrected chi connectivity index (χ1v) is 10.7. The van der Waals surface area contributed by atoms with Crippen molar-refractivity contribution in [1.29, 1.82) is 0 Å². The Morgan fingerprint density at radius 3 is 2.03 bits per heavy atom. The maximum Gasteiger partial charge on any atom is 0.407 e. The zero-order chi connectivity index (χ0) is 23.2. The van der Waals surface area contributed by atoms with Crippen LogP contribution < -0.4 is 10.6 Å². The van der Waals surface area contributed by atoms with Crippen molar-refractivity contribution in [2.45, 2.75) is 18.4 Å². The summed E-state index contributed by atoms with van der Waals surface area (Å²) >= 11 is 0. The summed E-state index contributed by atoms with van der Waals surface area (Å²) in [7, 11) is 0. The third kappa shape index (κ3) is 5.03. The van der Waals surface area contributed by atoms with Gasteiger partial charge in [-0.3, -0.25) is 4.79 Å². The number of carboxylic acids is 1. The highest BCUT2D eigenvalue weighted by molar-refractivity contribution is 5.85. The quantitative estimate of drug-likeness (QED) is 0.489. The average molecular weight is 444 g/mol. The molecule has 0 unspecified atom stereocenters. The van der Waals surface area contributed by atoms with E-state index in [1.54, 1.807) is 30.3 Å². The molecule has 2 amide bonds. The zero-order valence-corrected chi connectivity index (χ0v) is 17.9. The lowest BCUT2D eigenvalue weighted by Gasteiger charge is -2.16. The van der Waals surface area contributed by atoms with E-state index in [0.29, 0.717) is 5.56 Å². The smallest absolute Gasteiger partial charge is 0.407 e. The molecule has 0 aliphatic heterocycles. The van der Waals surface area contributed by atoms with Crippen LogP contribution in [0.3, 0.4) is 0 Å². The van der Waals surface area contributed by atoms with Gasteiger partial charge in [-0.1, -0.05) is 78.9 Å². The van der Waals surface area contributed by atoms with E-state index >= 15 is 0 Å². The van der Waals surface area contributed by atoms with Gasteiger partial charge in [-0.15, -0.1) is 0 Å². The Morgan fingerprint density at radius 2 is 1.42 bits per heavy atom. The summed E-state index contributed by atoms with van der Waals surface area (Å²) in [6, 6.07) is 23.4. The van der Waals surface area contributed by atoms with E-state index in [4.69, 9.17) is 4.74 Å².